The molecule has 0 saturated carbocycles. The first-order valence-electron chi connectivity index (χ1n) is 12.2. The van der Waals surface area contributed by atoms with Crippen LogP contribution < -0.4 is 5.32 Å². The molecule has 0 spiro atoms. The zero-order chi connectivity index (χ0) is 24.2. The highest BCUT2D eigenvalue weighted by atomic mass is 16.1. The van der Waals surface area contributed by atoms with Gasteiger partial charge in [0.2, 0.25) is 0 Å². The minimum atomic E-state index is 0.108. The van der Waals surface area contributed by atoms with E-state index in [9.17, 15) is 4.79 Å². The number of hydrogen-bond donors (Lipinski definition) is 1. The molecule has 2 aromatic carbocycles. The highest BCUT2D eigenvalue weighted by molar-refractivity contribution is 5.98. The van der Waals surface area contributed by atoms with Crippen LogP contribution in [0.4, 0.5) is 0 Å². The molecule has 0 aliphatic carbocycles. The van der Waals surface area contributed by atoms with Gasteiger partial charge in [-0.15, -0.1) is 0 Å². The van der Waals surface area contributed by atoms with Gasteiger partial charge in [0.25, 0.3) is 0 Å². The topological polar surface area (TPSA) is 49.6 Å². The van der Waals surface area contributed by atoms with Crippen molar-refractivity contribution in [1.29, 1.82) is 0 Å². The van der Waals surface area contributed by atoms with Gasteiger partial charge in [0.15, 0.2) is 5.78 Å². The second kappa shape index (κ2) is 10.3. The van der Waals surface area contributed by atoms with Crippen LogP contribution in [-0.4, -0.2) is 46.2 Å². The number of benzene rings is 2. The number of aryl methyl sites for hydroxylation is 2. The Morgan fingerprint density at radius 1 is 1.00 bits per heavy atom. The number of aromatic nitrogens is 2. The number of rotatable bonds is 5. The number of carbonyl (C=O) groups excluding carboxylic acids is 1. The summed E-state index contributed by atoms with van der Waals surface area (Å²) in [6.07, 6.45) is 4.12. The maximum absolute atomic E-state index is 13.1. The molecule has 0 amide bonds. The Hall–Kier alpha value is -3.72. The van der Waals surface area contributed by atoms with E-state index in [-0.39, 0.29) is 5.78 Å². The lowest BCUT2D eigenvalue weighted by molar-refractivity contribution is 0.0993. The summed E-state index contributed by atoms with van der Waals surface area (Å²) in [5, 5.41) is 3.40. The molecule has 2 aromatic heterocycles. The molecule has 5 heteroatoms. The number of Topliss-reactive ketones (excluding diaryl/α,β-unsaturated/α-hetero) is 1. The molecule has 0 unspecified atom stereocenters. The van der Waals surface area contributed by atoms with Crippen LogP contribution in [0.3, 0.4) is 0 Å². The summed E-state index contributed by atoms with van der Waals surface area (Å²) >= 11 is 0. The quantitative estimate of drug-likeness (QED) is 0.357. The highest BCUT2D eigenvalue weighted by Crippen LogP contribution is 2.18. The largest absolute Gasteiger partial charge is 0.314 e. The summed E-state index contributed by atoms with van der Waals surface area (Å²) in [6, 6.07) is 18.1. The first-order valence-corrected chi connectivity index (χ1v) is 12.2. The SMILES string of the molecule is Cc1ccc(C(=O)Cc2ccc(CN3CCNCC3)c(C)c2)cc1C#Cc1cnc2ccccn12. The normalized spacial score (nSPS) is 14.0. The number of piperazine rings is 1. The zero-order valence-electron chi connectivity index (χ0n) is 20.3. The molecule has 4 aromatic rings. The van der Waals surface area contributed by atoms with E-state index < -0.39 is 0 Å². The summed E-state index contributed by atoms with van der Waals surface area (Å²) in [7, 11) is 0. The summed E-state index contributed by atoms with van der Waals surface area (Å²) in [5.41, 5.74) is 7.94. The number of carbonyl (C=O) groups is 1. The minimum absolute atomic E-state index is 0.108. The number of nitrogens with zero attached hydrogens (tertiary/aromatic N) is 3. The van der Waals surface area contributed by atoms with E-state index >= 15 is 0 Å². The second-order valence-electron chi connectivity index (χ2n) is 9.24. The third-order valence-corrected chi connectivity index (χ3v) is 6.68. The van der Waals surface area contributed by atoms with E-state index in [4.69, 9.17) is 0 Å². The van der Waals surface area contributed by atoms with Gasteiger partial charge in [0.05, 0.1) is 6.20 Å². The van der Waals surface area contributed by atoms with E-state index in [0.717, 1.165) is 60.8 Å². The predicted octanol–water partition coefficient (Wildman–Crippen LogP) is 4.18. The van der Waals surface area contributed by atoms with Crippen molar-refractivity contribution in [1.82, 2.24) is 19.6 Å². The van der Waals surface area contributed by atoms with Crippen molar-refractivity contribution in [2.75, 3.05) is 26.2 Å². The first-order chi connectivity index (χ1) is 17.1. The second-order valence-corrected chi connectivity index (χ2v) is 9.24. The van der Waals surface area contributed by atoms with E-state index in [1.165, 1.54) is 11.1 Å². The summed E-state index contributed by atoms with van der Waals surface area (Å²) in [4.78, 5) is 20.0. The molecule has 1 aliphatic heterocycles. The summed E-state index contributed by atoms with van der Waals surface area (Å²) < 4.78 is 1.96. The van der Waals surface area contributed by atoms with Crippen LogP contribution in [-0.2, 0) is 13.0 Å². The van der Waals surface area contributed by atoms with Crippen LogP contribution in [0.25, 0.3) is 5.65 Å². The maximum Gasteiger partial charge on any atom is 0.167 e. The smallest absolute Gasteiger partial charge is 0.167 e. The lowest BCUT2D eigenvalue weighted by Crippen LogP contribution is -2.42. The summed E-state index contributed by atoms with van der Waals surface area (Å²) in [6.45, 7) is 9.39. The van der Waals surface area contributed by atoms with Crippen molar-refractivity contribution in [2.24, 2.45) is 0 Å². The monoisotopic (exact) mass is 462 g/mol. The van der Waals surface area contributed by atoms with Crippen LogP contribution in [0.5, 0.6) is 0 Å². The number of pyridine rings is 1. The molecule has 176 valence electrons. The zero-order valence-corrected chi connectivity index (χ0v) is 20.3. The average Bonchev–Trinajstić information content (AvgIpc) is 3.29. The molecule has 0 radical (unpaired) electrons. The van der Waals surface area contributed by atoms with Crippen molar-refractivity contribution >= 4 is 11.4 Å². The number of imidazole rings is 1. The highest BCUT2D eigenvalue weighted by Gasteiger charge is 2.13. The molecular formula is C30H30N4O. The van der Waals surface area contributed by atoms with Gasteiger partial charge < -0.3 is 5.32 Å². The molecule has 1 saturated heterocycles. The maximum atomic E-state index is 13.1. The Morgan fingerprint density at radius 3 is 2.69 bits per heavy atom. The number of hydrogen-bond acceptors (Lipinski definition) is 4. The Kier molecular flexibility index (Phi) is 6.76. The van der Waals surface area contributed by atoms with Gasteiger partial charge in [0, 0.05) is 56.5 Å². The van der Waals surface area contributed by atoms with Crippen molar-refractivity contribution < 1.29 is 4.79 Å². The van der Waals surface area contributed by atoms with Crippen molar-refractivity contribution in [2.45, 2.75) is 26.8 Å². The van der Waals surface area contributed by atoms with E-state index in [2.05, 4.69) is 52.2 Å². The first kappa shape index (κ1) is 23.0. The van der Waals surface area contributed by atoms with Crippen LogP contribution in [0, 0.1) is 25.7 Å². The molecule has 1 N–H and O–H groups in total. The summed E-state index contributed by atoms with van der Waals surface area (Å²) in [5.74, 6) is 6.58. The van der Waals surface area contributed by atoms with Gasteiger partial charge in [-0.3, -0.25) is 14.1 Å². The average molecular weight is 463 g/mol. The van der Waals surface area contributed by atoms with E-state index in [0.29, 0.717) is 12.0 Å². The molecule has 1 fully saturated rings. The fourth-order valence-electron chi connectivity index (χ4n) is 4.53. The van der Waals surface area contributed by atoms with E-state index in [1.807, 2.05) is 53.9 Å². The van der Waals surface area contributed by atoms with Gasteiger partial charge in [-0.25, -0.2) is 4.98 Å². The van der Waals surface area contributed by atoms with Gasteiger partial charge in [-0.1, -0.05) is 42.3 Å². The van der Waals surface area contributed by atoms with Crippen LogP contribution >= 0.6 is 0 Å². The third-order valence-electron chi connectivity index (χ3n) is 6.68. The molecule has 35 heavy (non-hydrogen) atoms. The van der Waals surface area contributed by atoms with Crippen LogP contribution in [0.2, 0.25) is 0 Å². The Morgan fingerprint density at radius 2 is 1.86 bits per heavy atom. The molecule has 5 rings (SSSR count). The van der Waals surface area contributed by atoms with Crippen molar-refractivity contribution in [3.8, 4) is 11.8 Å². The van der Waals surface area contributed by atoms with Crippen LogP contribution in [0.1, 0.15) is 43.9 Å². The van der Waals surface area contributed by atoms with Gasteiger partial charge in [-0.05, 0) is 60.2 Å². The molecule has 3 heterocycles. The van der Waals surface area contributed by atoms with Gasteiger partial charge >= 0.3 is 0 Å². The van der Waals surface area contributed by atoms with E-state index in [1.54, 1.807) is 6.20 Å². The molecular weight excluding hydrogens is 432 g/mol. The fourth-order valence-corrected chi connectivity index (χ4v) is 4.53. The van der Waals surface area contributed by atoms with Crippen molar-refractivity contribution in [3.63, 3.8) is 0 Å². The number of ketones is 1. The van der Waals surface area contributed by atoms with Gasteiger partial charge in [-0.2, -0.15) is 0 Å². The molecule has 5 nitrogen and oxygen atoms in total. The Labute approximate surface area is 206 Å². The Bertz CT molecular complexity index is 1430. The fraction of sp³-hybridized carbons (Fsp3) is 0.267. The number of nitrogens with one attached hydrogen (secondary N) is 1. The standard InChI is InChI=1S/C30H30N4O/c1-22-6-8-26(19-25(22)10-11-28-20-32-30-5-3-4-14-34(28)30)29(35)18-24-7-9-27(23(2)17-24)21-33-15-12-31-13-16-33/h3-9,14,17,19-20,31H,12-13,15-16,18,21H2,1-2H3. The lowest BCUT2D eigenvalue weighted by atomic mass is 9.96. The van der Waals surface area contributed by atoms with Crippen LogP contribution in [0.15, 0.2) is 67.0 Å². The Balaban J connectivity index is 1.31. The molecule has 0 atom stereocenters. The minimum Gasteiger partial charge on any atom is -0.314 e. The number of fused-ring (bicyclic) bond motifs is 1. The lowest BCUT2D eigenvalue weighted by Gasteiger charge is -2.27. The van der Waals surface area contributed by atoms with Crippen molar-refractivity contribution in [3.05, 3.63) is 106 Å². The molecule has 1 aliphatic rings. The predicted molar refractivity (Wildman–Crippen MR) is 140 cm³/mol. The third kappa shape index (κ3) is 5.35. The van der Waals surface area contributed by atoms with Gasteiger partial charge in [0.1, 0.15) is 11.3 Å². The molecule has 0 bridgehead atoms.